The second kappa shape index (κ2) is 54.0. The highest BCUT2D eigenvalue weighted by Gasteiger charge is 2.46. The lowest BCUT2D eigenvalue weighted by Gasteiger charge is -2.34. The van der Waals surface area contributed by atoms with Crippen LogP contribution in [0.25, 0.3) is 0 Å². The number of ketones is 1. The van der Waals surface area contributed by atoms with Crippen molar-refractivity contribution < 1.29 is 126 Å². The van der Waals surface area contributed by atoms with Gasteiger partial charge in [-0.2, -0.15) is 0 Å². The summed E-state index contributed by atoms with van der Waals surface area (Å²) in [5.74, 6) is -18.2. The number of hydrogen-bond acceptors (Lipinski definition) is 28. The van der Waals surface area contributed by atoms with Crippen LogP contribution in [0.5, 0.6) is 0 Å². The number of nitrogens with zero attached hydrogens (tertiary/aromatic N) is 6. The van der Waals surface area contributed by atoms with E-state index in [2.05, 4.69) is 47.9 Å². The van der Waals surface area contributed by atoms with Gasteiger partial charge in [0.1, 0.15) is 36.3 Å². The van der Waals surface area contributed by atoms with E-state index in [9.17, 15) is 107 Å². The fraction of sp³-hybridized carbons (Fsp3) is 0.667. The lowest BCUT2D eigenvalue weighted by Crippen LogP contribution is -2.60. The standard InChI is InChI=1S/C78H118N16O26S2/c1-3-4-14-53(83-61(99)20-19-60(98)80-22-10-35-118-37-39-120-40-38-119-36-11-23-81-62(100)43-89-27-29-90(44-64(103)104)31-33-92(46-66(107)108)34-32-91(30-28-89)45-65(105)106)72(111)86-55-48-122-69-68(75(114)88-76(69)115)121-47-54(71(110)82-24-21-63(101)102)85-70(109)51(41-50-12-6-5-7-13-50)42-58(96)52(17-18-59(79)97)84-74(113)67(49(2)95)87-73(112)56-15-8-25-93(56)78(117)57-16-9-26-94(57)77(55)116/h5-7,12-13,49,51-57,67,95H,3-4,8-11,14-48H2,1-2H3,(H2,79,97)(H,80,98)(H,81,100)(H,82,110)(H,83,99)(H,84,113)(H,85,109)(H,86,111)(H,87,112)(H,101,102)(H,103,104)(H,105,106)(H,107,108)(H,88,114,115)/t49-,51-,52+,53+,54+,55+,56+,57+,67+/m1/s1. The maximum absolute atomic E-state index is 15.3. The molecule has 0 bridgehead atoms. The molecule has 3 fully saturated rings. The molecule has 1 aromatic rings. The zero-order valence-corrected chi connectivity index (χ0v) is 70.6. The van der Waals surface area contributed by atoms with Crippen molar-refractivity contribution in [3.05, 3.63) is 45.7 Å². The van der Waals surface area contributed by atoms with Crippen LogP contribution in [0.4, 0.5) is 0 Å². The number of carboxylic acid groups (broad SMARTS) is 4. The van der Waals surface area contributed by atoms with Gasteiger partial charge >= 0.3 is 23.9 Å². The van der Waals surface area contributed by atoms with Crippen LogP contribution >= 0.6 is 23.5 Å². The summed E-state index contributed by atoms with van der Waals surface area (Å²) < 4.78 is 16.9. The topological polar surface area (TPSA) is 590 Å². The van der Waals surface area contributed by atoms with Gasteiger partial charge in [0, 0.05) is 141 Å². The molecule has 42 nitrogen and oxygen atoms in total. The van der Waals surface area contributed by atoms with Crippen LogP contribution in [0.15, 0.2) is 40.1 Å². The Morgan fingerprint density at radius 1 is 0.549 bits per heavy atom. The Morgan fingerprint density at radius 2 is 1.07 bits per heavy atom. The number of Topliss-reactive ketones (excluding diaryl/α,β-unsaturated/α-hetero) is 1. The quantitative estimate of drug-likeness (QED) is 0.0216. The third-order valence-electron chi connectivity index (χ3n) is 20.5. The van der Waals surface area contributed by atoms with Gasteiger partial charge in [0.25, 0.3) is 11.8 Å². The minimum atomic E-state index is -1.79. The second-order valence-electron chi connectivity index (χ2n) is 30.1. The first-order valence-electron chi connectivity index (χ1n) is 41.1. The van der Waals surface area contributed by atoms with Gasteiger partial charge < -0.3 is 97.8 Å². The minimum absolute atomic E-state index is 0.00404. The van der Waals surface area contributed by atoms with Crippen molar-refractivity contribution in [2.24, 2.45) is 11.7 Å². The average molecular weight is 1760 g/mol. The van der Waals surface area contributed by atoms with Crippen molar-refractivity contribution in [3.8, 4) is 0 Å². The number of carbonyl (C=O) groups excluding carboxylic acids is 14. The van der Waals surface area contributed by atoms with Crippen LogP contribution < -0.4 is 53.6 Å². The molecule has 0 radical (unpaired) electrons. The number of fused-ring (bicyclic) bond motifs is 2. The molecule has 16 N–H and O–H groups in total. The number of benzene rings is 1. The van der Waals surface area contributed by atoms with E-state index in [1.165, 1.54) is 16.7 Å². The molecule has 122 heavy (non-hydrogen) atoms. The molecule has 0 aliphatic carbocycles. The summed E-state index contributed by atoms with van der Waals surface area (Å²) >= 11 is 1.27. The van der Waals surface area contributed by atoms with E-state index >= 15 is 4.79 Å². The van der Waals surface area contributed by atoms with E-state index in [0.717, 1.165) is 0 Å². The molecule has 9 atom stereocenters. The van der Waals surface area contributed by atoms with E-state index in [1.54, 1.807) is 45.0 Å². The van der Waals surface area contributed by atoms with Gasteiger partial charge in [-0.05, 0) is 70.3 Å². The van der Waals surface area contributed by atoms with Gasteiger partial charge in [-0.25, -0.2) is 0 Å². The minimum Gasteiger partial charge on any atom is -0.481 e. The highest BCUT2D eigenvalue weighted by molar-refractivity contribution is 8.08. The molecule has 13 amide bonds. The number of aliphatic carboxylic acids is 4. The SMILES string of the molecule is CCCC[C@H](NC(=O)CCC(=O)NCCCOCCOCCOCCCNC(=O)CN1CCN(CC(=O)O)CCN(CC(=O)O)CCN(CC(=O)O)CC1)C(=O)N[C@H]1CSC2=C(SC[C@@H](C(=O)NCCC(=O)O)NC(=O)[C@H](Cc3ccccc3)CC(=O)[C@H](CCC(N)=O)NC(=O)[C@H]([C@@H](C)O)NC(=O)[C@@H]3CCCN3C(=O)[C@@H]3CCCN3C1=O)C(=O)NC2=O. The number of hydrogen-bond donors (Lipinski definition) is 15. The number of unbranched alkanes of at least 4 members (excludes halogenated alkanes) is 1. The maximum Gasteiger partial charge on any atom is 0.317 e. The van der Waals surface area contributed by atoms with Crippen LogP contribution in [0, 0.1) is 5.92 Å². The summed E-state index contributed by atoms with van der Waals surface area (Å²) in [5, 5.41) is 72.2. The molecule has 3 saturated heterocycles. The first kappa shape index (κ1) is 101. The smallest absolute Gasteiger partial charge is 0.317 e. The lowest BCUT2D eigenvalue weighted by atomic mass is 9.89. The Labute approximate surface area is 714 Å². The Hall–Kier alpha value is -9.80. The van der Waals surface area contributed by atoms with Crippen molar-refractivity contribution in [1.82, 2.24) is 77.3 Å². The number of carbonyl (C=O) groups is 18. The molecule has 0 saturated carbocycles. The average Bonchev–Trinajstić information content (AvgIpc) is 1.64. The summed E-state index contributed by atoms with van der Waals surface area (Å²) in [7, 11) is 0. The molecular weight excluding hydrogens is 1640 g/mol. The normalized spacial score (nSPS) is 22.0. The van der Waals surface area contributed by atoms with Crippen LogP contribution in [0.3, 0.4) is 0 Å². The molecule has 0 unspecified atom stereocenters. The third kappa shape index (κ3) is 36.3. The summed E-state index contributed by atoms with van der Waals surface area (Å²) in [5.41, 5.74) is 6.03. The van der Waals surface area contributed by atoms with Gasteiger partial charge in [0.2, 0.25) is 65.0 Å². The third-order valence-corrected chi connectivity index (χ3v) is 23.0. The largest absolute Gasteiger partial charge is 0.481 e. The van der Waals surface area contributed by atoms with Gasteiger partial charge in [-0.1, -0.05) is 50.1 Å². The lowest BCUT2D eigenvalue weighted by molar-refractivity contribution is -0.148. The van der Waals surface area contributed by atoms with E-state index in [4.69, 9.17) is 19.9 Å². The second-order valence-corrected chi connectivity index (χ2v) is 32.2. The Balaban J connectivity index is 1.05. The number of carboxylic acids is 4. The Kier molecular flexibility index (Phi) is 44.7. The number of aliphatic hydroxyl groups is 1. The fourth-order valence-electron chi connectivity index (χ4n) is 14.0. The Bertz CT molecular complexity index is 3780. The molecule has 678 valence electrons. The van der Waals surface area contributed by atoms with E-state index in [-0.39, 0.29) is 185 Å². The zero-order valence-electron chi connectivity index (χ0n) is 69.0. The molecule has 5 aliphatic rings. The fourth-order valence-corrected chi connectivity index (χ4v) is 16.3. The molecule has 0 spiro atoms. The predicted octanol–water partition coefficient (Wildman–Crippen LogP) is -4.70. The molecule has 5 heterocycles. The van der Waals surface area contributed by atoms with E-state index < -0.39 is 199 Å². The van der Waals surface area contributed by atoms with Crippen molar-refractivity contribution in [3.63, 3.8) is 0 Å². The van der Waals surface area contributed by atoms with Crippen LogP contribution in [-0.2, 0) is 107 Å². The highest BCUT2D eigenvalue weighted by atomic mass is 32.2. The summed E-state index contributed by atoms with van der Waals surface area (Å²) in [6.07, 6.45) is -2.09. The van der Waals surface area contributed by atoms with Crippen molar-refractivity contribution in [2.75, 3.05) is 162 Å². The number of ether oxygens (including phenoxy) is 3. The summed E-state index contributed by atoms with van der Waals surface area (Å²) in [4.78, 5) is 252. The molecule has 5 aliphatic heterocycles. The number of thioether (sulfide) groups is 2. The number of nitrogens with one attached hydrogen (secondary N) is 9. The molecular formula is C78H118N16O26S2. The van der Waals surface area contributed by atoms with Gasteiger partial charge in [0.15, 0.2) is 5.78 Å². The van der Waals surface area contributed by atoms with E-state index in [1.807, 2.05) is 11.8 Å². The highest BCUT2D eigenvalue weighted by Crippen LogP contribution is 2.35. The molecule has 6 rings (SSSR count). The number of aliphatic hydroxyl groups excluding tert-OH is 1. The Morgan fingerprint density at radius 3 is 1.60 bits per heavy atom. The van der Waals surface area contributed by atoms with Crippen LogP contribution in [-0.4, -0.2) is 372 Å². The summed E-state index contributed by atoms with van der Waals surface area (Å²) in [6.45, 7) is 5.80. The number of rotatable bonds is 41. The predicted molar refractivity (Wildman–Crippen MR) is 438 cm³/mol. The molecule has 44 heteroatoms. The van der Waals surface area contributed by atoms with Gasteiger partial charge in [-0.15, -0.1) is 23.5 Å². The van der Waals surface area contributed by atoms with E-state index in [0.29, 0.717) is 81.0 Å². The van der Waals surface area contributed by atoms with Crippen LogP contribution in [0.2, 0.25) is 0 Å². The number of nitrogens with two attached hydrogens (primary N) is 1. The van der Waals surface area contributed by atoms with Gasteiger partial charge in [-0.3, -0.25) is 111 Å². The van der Waals surface area contributed by atoms with Crippen molar-refractivity contribution in [1.29, 1.82) is 0 Å². The van der Waals surface area contributed by atoms with Crippen LogP contribution in [0.1, 0.15) is 116 Å². The van der Waals surface area contributed by atoms with Gasteiger partial charge in [0.05, 0.1) is 81.0 Å². The monoisotopic (exact) mass is 1760 g/mol. The zero-order chi connectivity index (χ0) is 89.2. The summed E-state index contributed by atoms with van der Waals surface area (Å²) in [6, 6.07) is -2.17. The number of primary amides is 1. The number of imide groups is 1. The first-order chi connectivity index (χ1) is 58.3. The van der Waals surface area contributed by atoms with Crippen molar-refractivity contribution in [2.45, 2.75) is 165 Å². The molecule has 0 aromatic heterocycles. The number of amides is 13. The van der Waals surface area contributed by atoms with Crippen molar-refractivity contribution >= 4 is 130 Å². The maximum atomic E-state index is 15.3. The first-order valence-corrected chi connectivity index (χ1v) is 43.1. The molecule has 1 aromatic carbocycles.